The van der Waals surface area contributed by atoms with Crippen molar-refractivity contribution in [3.05, 3.63) is 71.0 Å². The lowest BCUT2D eigenvalue weighted by molar-refractivity contribution is 0.0730. The van der Waals surface area contributed by atoms with Crippen LogP contribution in [0.25, 0.3) is 0 Å². The number of nitrogens with zero attached hydrogens (tertiary/aromatic N) is 1. The Balaban J connectivity index is 1.76. The van der Waals surface area contributed by atoms with Gasteiger partial charge in [-0.1, -0.05) is 38.1 Å². The van der Waals surface area contributed by atoms with Crippen molar-refractivity contribution in [1.29, 1.82) is 0 Å². The van der Waals surface area contributed by atoms with E-state index in [0.717, 1.165) is 18.4 Å². The summed E-state index contributed by atoms with van der Waals surface area (Å²) in [5.74, 6) is 0.175. The minimum Gasteiger partial charge on any atom is -0.331 e. The summed E-state index contributed by atoms with van der Waals surface area (Å²) >= 11 is 0. The SMILES string of the molecule is CC(C)c1ccc(CN(C(=O)c2ccc(F)cc2)C2CC2)cc1. The number of amides is 1. The van der Waals surface area contributed by atoms with Crippen LogP contribution < -0.4 is 0 Å². The molecule has 2 aromatic carbocycles. The third kappa shape index (κ3) is 3.79. The van der Waals surface area contributed by atoms with Gasteiger partial charge in [0.05, 0.1) is 0 Å². The molecule has 0 atom stereocenters. The third-order valence-electron chi connectivity index (χ3n) is 4.34. The van der Waals surface area contributed by atoms with E-state index in [1.807, 2.05) is 4.90 Å². The molecule has 0 radical (unpaired) electrons. The Labute approximate surface area is 136 Å². The molecule has 1 amide bonds. The molecule has 2 aromatic rings. The van der Waals surface area contributed by atoms with Gasteiger partial charge in [0.15, 0.2) is 0 Å². The summed E-state index contributed by atoms with van der Waals surface area (Å²) in [6.07, 6.45) is 2.11. The molecule has 0 spiro atoms. The van der Waals surface area contributed by atoms with Crippen molar-refractivity contribution < 1.29 is 9.18 Å². The fourth-order valence-corrected chi connectivity index (χ4v) is 2.72. The van der Waals surface area contributed by atoms with Crippen LogP contribution in [-0.4, -0.2) is 16.8 Å². The normalized spacial score (nSPS) is 14.1. The zero-order chi connectivity index (χ0) is 16.4. The number of hydrogen-bond acceptors (Lipinski definition) is 1. The fourth-order valence-electron chi connectivity index (χ4n) is 2.72. The highest BCUT2D eigenvalue weighted by atomic mass is 19.1. The van der Waals surface area contributed by atoms with Crippen LogP contribution in [0.2, 0.25) is 0 Å². The molecule has 2 nitrogen and oxygen atoms in total. The number of hydrogen-bond donors (Lipinski definition) is 0. The average molecular weight is 311 g/mol. The maximum atomic E-state index is 13.0. The van der Waals surface area contributed by atoms with Crippen molar-refractivity contribution in [3.8, 4) is 0 Å². The van der Waals surface area contributed by atoms with Crippen molar-refractivity contribution >= 4 is 5.91 Å². The Hall–Kier alpha value is -2.16. The Morgan fingerprint density at radius 1 is 1.09 bits per heavy atom. The highest BCUT2D eigenvalue weighted by molar-refractivity contribution is 5.94. The number of rotatable bonds is 5. The molecule has 0 N–H and O–H groups in total. The largest absolute Gasteiger partial charge is 0.331 e. The van der Waals surface area contributed by atoms with Gasteiger partial charge in [0.2, 0.25) is 0 Å². The summed E-state index contributed by atoms with van der Waals surface area (Å²) in [6, 6.07) is 14.6. The van der Waals surface area contributed by atoms with Crippen LogP contribution in [0.3, 0.4) is 0 Å². The Bertz CT molecular complexity index is 672. The molecule has 0 heterocycles. The minimum absolute atomic E-state index is 0.0135. The van der Waals surface area contributed by atoms with Gasteiger partial charge in [-0.25, -0.2) is 4.39 Å². The standard InChI is InChI=1S/C20H22FNO/c1-14(2)16-5-3-15(4-6-16)13-22(19-11-12-19)20(23)17-7-9-18(21)10-8-17/h3-10,14,19H,11-13H2,1-2H3. The predicted molar refractivity (Wildman–Crippen MR) is 89.8 cm³/mol. The van der Waals surface area contributed by atoms with E-state index in [1.54, 1.807) is 12.1 Å². The smallest absolute Gasteiger partial charge is 0.254 e. The first-order valence-electron chi connectivity index (χ1n) is 8.20. The van der Waals surface area contributed by atoms with Gasteiger partial charge >= 0.3 is 0 Å². The van der Waals surface area contributed by atoms with Crippen LogP contribution in [0, 0.1) is 5.82 Å². The summed E-state index contributed by atoms with van der Waals surface area (Å²) in [7, 11) is 0. The molecule has 0 saturated heterocycles. The zero-order valence-corrected chi connectivity index (χ0v) is 13.6. The van der Waals surface area contributed by atoms with Gasteiger partial charge in [-0.05, 0) is 54.2 Å². The quantitative estimate of drug-likeness (QED) is 0.780. The van der Waals surface area contributed by atoms with E-state index in [-0.39, 0.29) is 11.7 Å². The molecule has 1 fully saturated rings. The molecule has 1 saturated carbocycles. The molecule has 23 heavy (non-hydrogen) atoms. The lowest BCUT2D eigenvalue weighted by atomic mass is 10.0. The van der Waals surface area contributed by atoms with Gasteiger partial charge in [0, 0.05) is 18.2 Å². The van der Waals surface area contributed by atoms with E-state index in [4.69, 9.17) is 0 Å². The molecule has 1 aliphatic carbocycles. The maximum Gasteiger partial charge on any atom is 0.254 e. The van der Waals surface area contributed by atoms with E-state index < -0.39 is 0 Å². The topological polar surface area (TPSA) is 20.3 Å². The Morgan fingerprint density at radius 2 is 1.70 bits per heavy atom. The molecule has 3 rings (SSSR count). The third-order valence-corrected chi connectivity index (χ3v) is 4.34. The van der Waals surface area contributed by atoms with Gasteiger partial charge in [-0.2, -0.15) is 0 Å². The summed E-state index contributed by atoms with van der Waals surface area (Å²) in [4.78, 5) is 14.6. The second-order valence-electron chi connectivity index (χ2n) is 6.57. The predicted octanol–water partition coefficient (Wildman–Crippen LogP) is 4.75. The van der Waals surface area contributed by atoms with E-state index >= 15 is 0 Å². The lowest BCUT2D eigenvalue weighted by Gasteiger charge is -2.23. The summed E-state index contributed by atoms with van der Waals surface area (Å²) in [6.45, 7) is 4.95. The van der Waals surface area contributed by atoms with Crippen molar-refractivity contribution in [2.45, 2.75) is 45.2 Å². The maximum absolute atomic E-state index is 13.0. The Kier molecular flexibility index (Phi) is 4.46. The fraction of sp³-hybridized carbons (Fsp3) is 0.350. The molecular weight excluding hydrogens is 289 g/mol. The van der Waals surface area contributed by atoms with Crippen molar-refractivity contribution in [2.75, 3.05) is 0 Å². The number of carbonyl (C=O) groups is 1. The van der Waals surface area contributed by atoms with E-state index in [1.165, 1.54) is 17.7 Å². The molecular formula is C20H22FNO. The summed E-state index contributed by atoms with van der Waals surface area (Å²) in [5.41, 5.74) is 2.99. The second-order valence-corrected chi connectivity index (χ2v) is 6.57. The average Bonchev–Trinajstić information content (AvgIpc) is 3.38. The molecule has 0 aromatic heterocycles. The monoisotopic (exact) mass is 311 g/mol. The summed E-state index contributed by atoms with van der Waals surface area (Å²) in [5, 5.41) is 0. The van der Waals surface area contributed by atoms with Crippen LogP contribution in [-0.2, 0) is 6.54 Å². The van der Waals surface area contributed by atoms with Crippen molar-refractivity contribution in [1.82, 2.24) is 4.90 Å². The first-order chi connectivity index (χ1) is 11.0. The highest BCUT2D eigenvalue weighted by Gasteiger charge is 2.33. The second kappa shape index (κ2) is 6.53. The highest BCUT2D eigenvalue weighted by Crippen LogP contribution is 2.30. The van der Waals surface area contributed by atoms with Crippen molar-refractivity contribution in [2.24, 2.45) is 0 Å². The van der Waals surface area contributed by atoms with Gasteiger partial charge in [0.25, 0.3) is 5.91 Å². The Morgan fingerprint density at radius 3 is 2.22 bits per heavy atom. The number of benzene rings is 2. The number of carbonyl (C=O) groups excluding carboxylic acids is 1. The van der Waals surface area contributed by atoms with Gasteiger partial charge in [-0.3, -0.25) is 4.79 Å². The van der Waals surface area contributed by atoms with Crippen LogP contribution in [0.1, 0.15) is 54.1 Å². The minimum atomic E-state index is -0.316. The van der Waals surface area contributed by atoms with E-state index in [0.29, 0.717) is 24.1 Å². The molecule has 3 heteroatoms. The van der Waals surface area contributed by atoms with Crippen LogP contribution in [0.15, 0.2) is 48.5 Å². The first kappa shape index (κ1) is 15.7. The molecule has 1 aliphatic rings. The number of halogens is 1. The first-order valence-corrected chi connectivity index (χ1v) is 8.20. The van der Waals surface area contributed by atoms with Gasteiger partial charge in [0.1, 0.15) is 5.82 Å². The van der Waals surface area contributed by atoms with Gasteiger partial charge in [-0.15, -0.1) is 0 Å². The van der Waals surface area contributed by atoms with Crippen molar-refractivity contribution in [3.63, 3.8) is 0 Å². The molecule has 120 valence electrons. The van der Waals surface area contributed by atoms with E-state index in [9.17, 15) is 9.18 Å². The van der Waals surface area contributed by atoms with E-state index in [2.05, 4.69) is 38.1 Å². The van der Waals surface area contributed by atoms with Crippen LogP contribution in [0.4, 0.5) is 4.39 Å². The summed E-state index contributed by atoms with van der Waals surface area (Å²) < 4.78 is 13.0. The van der Waals surface area contributed by atoms with Crippen LogP contribution >= 0.6 is 0 Å². The van der Waals surface area contributed by atoms with Gasteiger partial charge < -0.3 is 4.90 Å². The van der Waals surface area contributed by atoms with Crippen LogP contribution in [0.5, 0.6) is 0 Å². The molecule has 0 unspecified atom stereocenters. The lowest BCUT2D eigenvalue weighted by Crippen LogP contribution is -2.32. The zero-order valence-electron chi connectivity index (χ0n) is 13.6. The molecule has 0 aliphatic heterocycles. The molecule has 0 bridgehead atoms.